The van der Waals surface area contributed by atoms with Crippen molar-refractivity contribution in [1.82, 2.24) is 0 Å². The Kier molecular flexibility index (Phi) is 5.74. The summed E-state index contributed by atoms with van der Waals surface area (Å²) in [7, 11) is 0. The number of hydrogen-bond donors (Lipinski definition) is 3. The molecule has 6 heteroatoms. The maximum absolute atomic E-state index is 12.6. The molecule has 0 heterocycles. The van der Waals surface area contributed by atoms with Crippen molar-refractivity contribution in [1.29, 1.82) is 0 Å². The summed E-state index contributed by atoms with van der Waals surface area (Å²) < 4.78 is 0. The van der Waals surface area contributed by atoms with E-state index in [1.807, 2.05) is 32.0 Å². The van der Waals surface area contributed by atoms with E-state index in [9.17, 15) is 19.5 Å². The van der Waals surface area contributed by atoms with E-state index < -0.39 is 11.9 Å². The summed E-state index contributed by atoms with van der Waals surface area (Å²) in [6, 6.07) is 18.2. The normalized spacial score (nSPS) is 10.3. The molecule has 0 aliphatic carbocycles. The summed E-state index contributed by atoms with van der Waals surface area (Å²) in [6.07, 6.45) is 0. The van der Waals surface area contributed by atoms with Crippen LogP contribution in [0.3, 0.4) is 0 Å². The second kappa shape index (κ2) is 8.39. The van der Waals surface area contributed by atoms with E-state index in [0.717, 1.165) is 11.1 Å². The van der Waals surface area contributed by atoms with Gasteiger partial charge in [0.1, 0.15) is 0 Å². The molecule has 0 atom stereocenters. The van der Waals surface area contributed by atoms with Crippen LogP contribution in [0, 0.1) is 13.8 Å². The molecule has 3 N–H and O–H groups in total. The summed E-state index contributed by atoms with van der Waals surface area (Å²) in [6.45, 7) is 3.90. The van der Waals surface area contributed by atoms with Crippen LogP contribution in [0.1, 0.15) is 42.2 Å². The molecular formula is C23H20N2O4. The molecule has 29 heavy (non-hydrogen) atoms. The van der Waals surface area contributed by atoms with Crippen LogP contribution in [0.5, 0.6) is 0 Å². The van der Waals surface area contributed by atoms with Gasteiger partial charge in [0.2, 0.25) is 0 Å². The van der Waals surface area contributed by atoms with Gasteiger partial charge in [-0.3, -0.25) is 9.59 Å². The van der Waals surface area contributed by atoms with Gasteiger partial charge in [0, 0.05) is 16.9 Å². The number of carboxylic acids is 1. The molecule has 0 saturated heterocycles. The molecule has 0 unspecified atom stereocenters. The number of carboxylic acid groups (broad SMARTS) is 1. The molecule has 2 amide bonds. The summed E-state index contributed by atoms with van der Waals surface area (Å²) in [5.41, 5.74) is 3.49. The number of aromatic carboxylic acids is 1. The zero-order chi connectivity index (χ0) is 21.0. The number of rotatable bonds is 5. The number of hydrogen-bond acceptors (Lipinski definition) is 3. The third-order valence-electron chi connectivity index (χ3n) is 4.26. The highest BCUT2D eigenvalue weighted by Gasteiger charge is 2.16. The fraction of sp³-hybridized carbons (Fsp3) is 0.0870. The number of anilines is 2. The monoisotopic (exact) mass is 388 g/mol. The van der Waals surface area contributed by atoms with Gasteiger partial charge in [0.25, 0.3) is 11.8 Å². The molecule has 0 fully saturated rings. The van der Waals surface area contributed by atoms with Crippen LogP contribution >= 0.6 is 0 Å². The van der Waals surface area contributed by atoms with Crippen molar-refractivity contribution in [2.75, 3.05) is 10.6 Å². The molecular weight excluding hydrogens is 368 g/mol. The predicted octanol–water partition coefficient (Wildman–Crippen LogP) is 4.51. The Labute approximate surface area is 168 Å². The van der Waals surface area contributed by atoms with Crippen LogP contribution in [-0.2, 0) is 0 Å². The zero-order valence-electron chi connectivity index (χ0n) is 16.0. The third-order valence-corrected chi connectivity index (χ3v) is 4.26. The first-order chi connectivity index (χ1) is 13.8. The van der Waals surface area contributed by atoms with E-state index >= 15 is 0 Å². The molecule has 146 valence electrons. The van der Waals surface area contributed by atoms with Gasteiger partial charge < -0.3 is 15.7 Å². The highest BCUT2D eigenvalue weighted by molar-refractivity contribution is 6.11. The van der Waals surface area contributed by atoms with E-state index in [1.54, 1.807) is 36.4 Å². The largest absolute Gasteiger partial charge is 0.478 e. The van der Waals surface area contributed by atoms with Crippen molar-refractivity contribution in [3.63, 3.8) is 0 Å². The standard InChI is InChI=1S/C23H20N2O4/c1-14-10-15(2)12-18(11-14)25-21(26)16-6-5-7-17(13-16)24-22(27)19-8-3-4-9-20(19)23(28)29/h3-13H,1-2H3,(H,24,27)(H,25,26)(H,28,29). The van der Waals surface area contributed by atoms with Gasteiger partial charge >= 0.3 is 5.97 Å². The molecule has 0 bridgehead atoms. The van der Waals surface area contributed by atoms with Crippen LogP contribution in [0.25, 0.3) is 0 Å². The van der Waals surface area contributed by atoms with E-state index in [4.69, 9.17) is 0 Å². The average Bonchev–Trinajstić information content (AvgIpc) is 2.67. The molecule has 3 rings (SSSR count). The molecule has 0 radical (unpaired) electrons. The van der Waals surface area contributed by atoms with E-state index in [2.05, 4.69) is 10.6 Å². The second-order valence-corrected chi connectivity index (χ2v) is 6.72. The Bertz CT molecular complexity index is 1090. The van der Waals surface area contributed by atoms with Crippen LogP contribution in [0.2, 0.25) is 0 Å². The van der Waals surface area contributed by atoms with Crippen LogP contribution in [0.15, 0.2) is 66.7 Å². The topological polar surface area (TPSA) is 95.5 Å². The lowest BCUT2D eigenvalue weighted by atomic mass is 10.1. The minimum absolute atomic E-state index is 0.0464. The van der Waals surface area contributed by atoms with Crippen molar-refractivity contribution < 1.29 is 19.5 Å². The van der Waals surface area contributed by atoms with Crippen molar-refractivity contribution in [3.8, 4) is 0 Å². The van der Waals surface area contributed by atoms with Crippen LogP contribution in [0.4, 0.5) is 11.4 Å². The molecule has 3 aromatic carbocycles. The molecule has 0 aliphatic rings. The second-order valence-electron chi connectivity index (χ2n) is 6.72. The Balaban J connectivity index is 1.78. The van der Waals surface area contributed by atoms with Crippen LogP contribution in [-0.4, -0.2) is 22.9 Å². The molecule has 0 spiro atoms. The maximum Gasteiger partial charge on any atom is 0.336 e. The smallest absolute Gasteiger partial charge is 0.336 e. The number of amides is 2. The van der Waals surface area contributed by atoms with Crippen molar-refractivity contribution in [2.45, 2.75) is 13.8 Å². The van der Waals surface area contributed by atoms with Gasteiger partial charge in [0.15, 0.2) is 0 Å². The lowest BCUT2D eigenvalue weighted by Crippen LogP contribution is -2.17. The lowest BCUT2D eigenvalue weighted by Gasteiger charge is -2.10. The first-order valence-corrected chi connectivity index (χ1v) is 8.97. The lowest BCUT2D eigenvalue weighted by molar-refractivity contribution is 0.0692. The average molecular weight is 388 g/mol. The number of nitrogens with one attached hydrogen (secondary N) is 2. The van der Waals surface area contributed by atoms with Gasteiger partial charge in [0.05, 0.1) is 11.1 Å². The van der Waals surface area contributed by atoms with Gasteiger partial charge in [-0.2, -0.15) is 0 Å². The molecule has 0 saturated carbocycles. The van der Waals surface area contributed by atoms with Gasteiger partial charge in [-0.25, -0.2) is 4.79 Å². The van der Waals surface area contributed by atoms with Gasteiger partial charge in [-0.05, 0) is 67.4 Å². The number of carbonyl (C=O) groups excluding carboxylic acids is 2. The molecule has 0 aromatic heterocycles. The van der Waals surface area contributed by atoms with E-state index in [0.29, 0.717) is 16.9 Å². The predicted molar refractivity (Wildman–Crippen MR) is 112 cm³/mol. The first-order valence-electron chi connectivity index (χ1n) is 8.97. The van der Waals surface area contributed by atoms with Gasteiger partial charge in [-0.15, -0.1) is 0 Å². The van der Waals surface area contributed by atoms with Gasteiger partial charge in [-0.1, -0.05) is 24.3 Å². The Morgan fingerprint density at radius 3 is 1.97 bits per heavy atom. The van der Waals surface area contributed by atoms with E-state index in [1.165, 1.54) is 12.1 Å². The maximum atomic E-state index is 12.6. The summed E-state index contributed by atoms with van der Waals surface area (Å²) in [4.78, 5) is 36.4. The summed E-state index contributed by atoms with van der Waals surface area (Å²) in [5.74, 6) is -2.05. The number of aryl methyl sites for hydroxylation is 2. The van der Waals surface area contributed by atoms with Crippen molar-refractivity contribution >= 4 is 29.2 Å². The van der Waals surface area contributed by atoms with Crippen molar-refractivity contribution in [2.24, 2.45) is 0 Å². The van der Waals surface area contributed by atoms with E-state index in [-0.39, 0.29) is 17.0 Å². The Hall–Kier alpha value is -3.93. The highest BCUT2D eigenvalue weighted by Crippen LogP contribution is 2.18. The summed E-state index contributed by atoms with van der Waals surface area (Å²) in [5, 5.41) is 14.7. The Morgan fingerprint density at radius 1 is 0.690 bits per heavy atom. The SMILES string of the molecule is Cc1cc(C)cc(NC(=O)c2cccc(NC(=O)c3ccccc3C(=O)O)c2)c1. The first kappa shape index (κ1) is 19.8. The number of carbonyl (C=O) groups is 3. The molecule has 3 aromatic rings. The van der Waals surface area contributed by atoms with Crippen LogP contribution < -0.4 is 10.6 Å². The Morgan fingerprint density at radius 2 is 1.31 bits per heavy atom. The van der Waals surface area contributed by atoms with Crippen molar-refractivity contribution in [3.05, 3.63) is 94.5 Å². The quantitative estimate of drug-likeness (QED) is 0.599. The minimum atomic E-state index is -1.18. The molecule has 0 aliphatic heterocycles. The zero-order valence-corrected chi connectivity index (χ0v) is 16.0. The molecule has 6 nitrogen and oxygen atoms in total. The highest BCUT2D eigenvalue weighted by atomic mass is 16.4. The minimum Gasteiger partial charge on any atom is -0.478 e. The number of benzene rings is 3. The fourth-order valence-electron chi connectivity index (χ4n) is 3.05. The summed E-state index contributed by atoms with van der Waals surface area (Å²) >= 11 is 0. The fourth-order valence-corrected chi connectivity index (χ4v) is 3.05. The third kappa shape index (κ3) is 4.87.